The molecule has 1 heterocycles. The van der Waals surface area contributed by atoms with Crippen LogP contribution in [0.4, 0.5) is 5.95 Å². The SMILES string of the molecule is CCN(CCOC)S(=O)(=O)c1cnc(NN)nc1. The normalized spacial score (nSPS) is 11.8. The van der Waals surface area contributed by atoms with Crippen molar-refractivity contribution in [2.75, 3.05) is 32.2 Å². The van der Waals surface area contributed by atoms with E-state index in [1.54, 1.807) is 6.92 Å². The number of sulfonamides is 1. The molecule has 0 radical (unpaired) electrons. The van der Waals surface area contributed by atoms with Gasteiger partial charge in [-0.15, -0.1) is 0 Å². The molecule has 9 heteroatoms. The van der Waals surface area contributed by atoms with Crippen LogP contribution in [-0.2, 0) is 14.8 Å². The number of hydrogen-bond acceptors (Lipinski definition) is 7. The monoisotopic (exact) mass is 275 g/mol. The van der Waals surface area contributed by atoms with Gasteiger partial charge in [0, 0.05) is 20.2 Å². The summed E-state index contributed by atoms with van der Waals surface area (Å²) in [6.45, 7) is 2.72. The van der Waals surface area contributed by atoms with Crippen LogP contribution in [0.2, 0.25) is 0 Å². The molecule has 1 aromatic heterocycles. The maximum atomic E-state index is 12.2. The van der Waals surface area contributed by atoms with Crippen LogP contribution >= 0.6 is 0 Å². The largest absolute Gasteiger partial charge is 0.383 e. The number of nitrogen functional groups attached to an aromatic ring is 1. The third kappa shape index (κ3) is 3.35. The van der Waals surface area contributed by atoms with Crippen LogP contribution in [-0.4, -0.2) is 49.5 Å². The van der Waals surface area contributed by atoms with Crippen molar-refractivity contribution in [1.82, 2.24) is 14.3 Å². The smallest absolute Gasteiger partial charge is 0.246 e. The van der Waals surface area contributed by atoms with Crippen LogP contribution in [0.3, 0.4) is 0 Å². The van der Waals surface area contributed by atoms with Gasteiger partial charge in [-0.25, -0.2) is 24.2 Å². The van der Waals surface area contributed by atoms with Crippen LogP contribution < -0.4 is 11.3 Å². The molecule has 0 amide bonds. The zero-order valence-corrected chi connectivity index (χ0v) is 11.1. The van der Waals surface area contributed by atoms with E-state index < -0.39 is 10.0 Å². The van der Waals surface area contributed by atoms with Crippen molar-refractivity contribution < 1.29 is 13.2 Å². The van der Waals surface area contributed by atoms with E-state index in [0.717, 1.165) is 0 Å². The number of hydrogen-bond donors (Lipinski definition) is 2. The van der Waals surface area contributed by atoms with Gasteiger partial charge >= 0.3 is 0 Å². The summed E-state index contributed by atoms with van der Waals surface area (Å²) in [5.74, 6) is 5.27. The van der Waals surface area contributed by atoms with Gasteiger partial charge in [0.15, 0.2) is 0 Å². The molecule has 0 saturated heterocycles. The molecule has 0 aliphatic carbocycles. The summed E-state index contributed by atoms with van der Waals surface area (Å²) in [6.07, 6.45) is 2.43. The lowest BCUT2D eigenvalue weighted by Crippen LogP contribution is -2.34. The highest BCUT2D eigenvalue weighted by Gasteiger charge is 2.23. The number of hydrazine groups is 1. The Bertz CT molecular complexity index is 462. The van der Waals surface area contributed by atoms with Crippen molar-refractivity contribution in [1.29, 1.82) is 0 Å². The minimum absolute atomic E-state index is 0.0273. The fourth-order valence-electron chi connectivity index (χ4n) is 1.31. The number of ether oxygens (including phenoxy) is 1. The Kier molecular flexibility index (Phi) is 5.41. The molecule has 18 heavy (non-hydrogen) atoms. The van der Waals surface area contributed by atoms with E-state index in [9.17, 15) is 8.42 Å². The van der Waals surface area contributed by atoms with Gasteiger partial charge in [-0.3, -0.25) is 5.43 Å². The fraction of sp³-hybridized carbons (Fsp3) is 0.556. The number of nitrogens with zero attached hydrogens (tertiary/aromatic N) is 3. The highest BCUT2D eigenvalue weighted by molar-refractivity contribution is 7.89. The summed E-state index contributed by atoms with van der Waals surface area (Å²) in [5, 5.41) is 0. The predicted octanol–water partition coefficient (Wildman–Crippen LogP) is -0.581. The van der Waals surface area contributed by atoms with Crippen molar-refractivity contribution in [3.63, 3.8) is 0 Å². The quantitative estimate of drug-likeness (QED) is 0.506. The van der Waals surface area contributed by atoms with E-state index in [1.807, 2.05) is 0 Å². The number of aromatic nitrogens is 2. The highest BCUT2D eigenvalue weighted by Crippen LogP contribution is 2.13. The van der Waals surface area contributed by atoms with Crippen molar-refractivity contribution in [3.8, 4) is 0 Å². The third-order valence-electron chi connectivity index (χ3n) is 2.29. The summed E-state index contributed by atoms with van der Waals surface area (Å²) in [5.41, 5.74) is 2.23. The standard InChI is InChI=1S/C9H17N5O3S/c1-3-14(4-5-17-2)18(15,16)8-6-11-9(13-10)12-7-8/h6-7H,3-5,10H2,1-2H3,(H,11,12,13). The van der Waals surface area contributed by atoms with Gasteiger partial charge < -0.3 is 4.74 Å². The Hall–Kier alpha value is -1.29. The topological polar surface area (TPSA) is 110 Å². The zero-order chi connectivity index (χ0) is 13.6. The van der Waals surface area contributed by atoms with Crippen molar-refractivity contribution in [2.45, 2.75) is 11.8 Å². The minimum atomic E-state index is -3.59. The number of methoxy groups -OCH3 is 1. The number of rotatable bonds is 7. The van der Waals surface area contributed by atoms with Gasteiger partial charge in [-0.1, -0.05) is 6.92 Å². The first-order valence-corrected chi connectivity index (χ1v) is 6.78. The first-order valence-electron chi connectivity index (χ1n) is 5.34. The zero-order valence-electron chi connectivity index (χ0n) is 10.3. The Labute approximate surface area is 106 Å². The molecule has 1 rings (SSSR count). The second-order valence-corrected chi connectivity index (χ2v) is 5.31. The first kappa shape index (κ1) is 14.8. The van der Waals surface area contributed by atoms with Crippen molar-refractivity contribution >= 4 is 16.0 Å². The molecule has 102 valence electrons. The van der Waals surface area contributed by atoms with E-state index >= 15 is 0 Å². The molecule has 0 aliphatic rings. The Balaban J connectivity index is 2.95. The van der Waals surface area contributed by atoms with Gasteiger partial charge in [-0.05, 0) is 0 Å². The molecule has 0 saturated carbocycles. The van der Waals surface area contributed by atoms with E-state index in [4.69, 9.17) is 10.6 Å². The maximum Gasteiger partial charge on any atom is 0.246 e. The Morgan fingerprint density at radius 2 is 2.06 bits per heavy atom. The van der Waals surface area contributed by atoms with Crippen LogP contribution in [0.15, 0.2) is 17.3 Å². The van der Waals surface area contributed by atoms with Crippen LogP contribution in [0.5, 0.6) is 0 Å². The molecule has 3 N–H and O–H groups in total. The Morgan fingerprint density at radius 3 is 2.50 bits per heavy atom. The molecule has 0 bridgehead atoms. The first-order chi connectivity index (χ1) is 8.56. The van der Waals surface area contributed by atoms with Gasteiger partial charge in [-0.2, -0.15) is 4.31 Å². The summed E-state index contributed by atoms with van der Waals surface area (Å²) in [4.78, 5) is 7.58. The lowest BCUT2D eigenvalue weighted by Gasteiger charge is -2.19. The van der Waals surface area contributed by atoms with Gasteiger partial charge in [0.1, 0.15) is 4.90 Å². The van der Waals surface area contributed by atoms with Crippen molar-refractivity contribution in [3.05, 3.63) is 12.4 Å². The molecule has 0 unspecified atom stereocenters. The molecule has 0 spiro atoms. The number of likely N-dealkylation sites (N-methyl/N-ethyl adjacent to an activating group) is 1. The van der Waals surface area contributed by atoms with Crippen molar-refractivity contribution in [2.24, 2.45) is 5.84 Å². The summed E-state index contributed by atoms with van der Waals surface area (Å²) >= 11 is 0. The number of nitrogens with one attached hydrogen (secondary N) is 1. The second kappa shape index (κ2) is 6.59. The van der Waals surface area contributed by atoms with Gasteiger partial charge in [0.2, 0.25) is 16.0 Å². The predicted molar refractivity (Wildman–Crippen MR) is 66.2 cm³/mol. The molecule has 0 aromatic carbocycles. The van der Waals surface area contributed by atoms with Gasteiger partial charge in [0.25, 0.3) is 0 Å². The van der Waals surface area contributed by atoms with E-state index in [0.29, 0.717) is 13.2 Å². The Morgan fingerprint density at radius 1 is 1.44 bits per heavy atom. The molecule has 0 atom stereocenters. The molecular weight excluding hydrogens is 258 g/mol. The third-order valence-corrected chi connectivity index (χ3v) is 4.22. The second-order valence-electron chi connectivity index (χ2n) is 3.38. The molecule has 1 aromatic rings. The van der Waals surface area contributed by atoms with Crippen LogP contribution in [0, 0.1) is 0 Å². The van der Waals surface area contributed by atoms with E-state index in [1.165, 1.54) is 23.8 Å². The lowest BCUT2D eigenvalue weighted by atomic mass is 10.6. The minimum Gasteiger partial charge on any atom is -0.383 e. The van der Waals surface area contributed by atoms with E-state index in [2.05, 4.69) is 15.4 Å². The van der Waals surface area contributed by atoms with Crippen LogP contribution in [0.1, 0.15) is 6.92 Å². The fourth-order valence-corrected chi connectivity index (χ4v) is 2.64. The molecule has 8 nitrogen and oxygen atoms in total. The number of nitrogens with two attached hydrogens (primary N) is 1. The van der Waals surface area contributed by atoms with Crippen LogP contribution in [0.25, 0.3) is 0 Å². The average molecular weight is 275 g/mol. The van der Waals surface area contributed by atoms with E-state index in [-0.39, 0.29) is 17.4 Å². The maximum absolute atomic E-state index is 12.2. The number of anilines is 1. The molecular formula is C9H17N5O3S. The molecule has 0 aliphatic heterocycles. The molecule has 0 fully saturated rings. The highest BCUT2D eigenvalue weighted by atomic mass is 32.2. The summed E-state index contributed by atoms with van der Waals surface area (Å²) < 4.78 is 30.6. The van der Waals surface area contributed by atoms with Gasteiger partial charge in [0.05, 0.1) is 19.0 Å². The summed E-state index contributed by atoms with van der Waals surface area (Å²) in [6, 6.07) is 0. The average Bonchev–Trinajstić information content (AvgIpc) is 2.39. The summed E-state index contributed by atoms with van der Waals surface area (Å²) in [7, 11) is -2.07. The lowest BCUT2D eigenvalue weighted by molar-refractivity contribution is 0.180.